The zero-order chi connectivity index (χ0) is 26.7. The van der Waals surface area contributed by atoms with Crippen LogP contribution < -0.4 is 9.46 Å². The molecule has 0 fully saturated rings. The maximum Gasteiger partial charge on any atom is 0.242 e. The summed E-state index contributed by atoms with van der Waals surface area (Å²) in [6.45, 7) is 3.61. The molecule has 0 aromatic heterocycles. The summed E-state index contributed by atoms with van der Waals surface area (Å²) in [4.78, 5) is 14.9. The number of nitrogens with one attached hydrogen (secondary N) is 1. The molecule has 1 amide bonds. The van der Waals surface area contributed by atoms with E-state index in [2.05, 4.69) is 4.72 Å². The quantitative estimate of drug-likeness (QED) is 0.520. The van der Waals surface area contributed by atoms with E-state index in [1.54, 1.807) is 36.1 Å². The van der Waals surface area contributed by atoms with Gasteiger partial charge in [-0.25, -0.2) is 16.8 Å². The van der Waals surface area contributed by atoms with E-state index in [0.717, 1.165) is 6.26 Å². The highest BCUT2D eigenvalue weighted by Crippen LogP contribution is 2.30. The molecule has 2 N–H and O–H groups in total. The number of rotatable bonds is 8. The Morgan fingerprint density at radius 2 is 1.83 bits per heavy atom. The lowest BCUT2D eigenvalue weighted by Crippen LogP contribution is -2.48. The van der Waals surface area contributed by atoms with E-state index >= 15 is 0 Å². The molecule has 1 heterocycles. The summed E-state index contributed by atoms with van der Waals surface area (Å²) in [5.41, 5.74) is 0.735. The highest BCUT2D eigenvalue weighted by molar-refractivity contribution is 7.92. The van der Waals surface area contributed by atoms with E-state index in [1.165, 1.54) is 35.6 Å². The second-order valence-corrected chi connectivity index (χ2v) is 13.0. The molecular formula is C24H33N3O7S2. The van der Waals surface area contributed by atoms with Crippen molar-refractivity contribution in [3.63, 3.8) is 0 Å². The average molecular weight is 540 g/mol. The Bertz CT molecular complexity index is 1280. The van der Waals surface area contributed by atoms with E-state index in [9.17, 15) is 26.7 Å². The molecule has 3 atom stereocenters. The van der Waals surface area contributed by atoms with Crippen LogP contribution >= 0.6 is 0 Å². The fraction of sp³-hybridized carbons (Fsp3) is 0.458. The van der Waals surface area contributed by atoms with Crippen LogP contribution in [0.4, 0.5) is 5.69 Å². The molecule has 2 aromatic rings. The molecule has 1 aliphatic rings. The number of fused-ring (bicyclic) bond motifs is 1. The van der Waals surface area contributed by atoms with Gasteiger partial charge in [-0.3, -0.25) is 9.52 Å². The molecule has 0 spiro atoms. The number of benzene rings is 2. The summed E-state index contributed by atoms with van der Waals surface area (Å²) in [6, 6.07) is 12.3. The van der Waals surface area contributed by atoms with Crippen molar-refractivity contribution in [1.29, 1.82) is 0 Å². The van der Waals surface area contributed by atoms with Gasteiger partial charge in [0.1, 0.15) is 11.9 Å². The third-order valence-electron chi connectivity index (χ3n) is 6.11. The Balaban J connectivity index is 1.99. The number of likely N-dealkylation sites (N-methyl/N-ethyl adjacent to an activating group) is 1. The van der Waals surface area contributed by atoms with Crippen molar-refractivity contribution in [2.75, 3.05) is 37.7 Å². The topological polar surface area (TPSA) is 133 Å². The van der Waals surface area contributed by atoms with Crippen molar-refractivity contribution in [1.82, 2.24) is 9.21 Å². The van der Waals surface area contributed by atoms with Gasteiger partial charge < -0.3 is 14.7 Å². The molecule has 2 aromatic carbocycles. The molecule has 0 saturated heterocycles. The van der Waals surface area contributed by atoms with Gasteiger partial charge in [0, 0.05) is 30.8 Å². The molecule has 36 heavy (non-hydrogen) atoms. The van der Waals surface area contributed by atoms with Gasteiger partial charge in [-0.2, -0.15) is 4.31 Å². The molecular weight excluding hydrogens is 506 g/mol. The summed E-state index contributed by atoms with van der Waals surface area (Å²) in [7, 11) is -5.85. The van der Waals surface area contributed by atoms with Gasteiger partial charge >= 0.3 is 0 Å². The maximum atomic E-state index is 13.2. The zero-order valence-electron chi connectivity index (χ0n) is 20.8. The Morgan fingerprint density at radius 3 is 2.44 bits per heavy atom. The van der Waals surface area contributed by atoms with E-state index in [-0.39, 0.29) is 48.5 Å². The summed E-state index contributed by atoms with van der Waals surface area (Å²) in [5.74, 6) is -0.185. The summed E-state index contributed by atoms with van der Waals surface area (Å²) < 4.78 is 59.6. The van der Waals surface area contributed by atoms with E-state index < -0.39 is 32.2 Å². The number of sulfonamides is 2. The number of hydrogen-bond acceptors (Lipinski definition) is 7. The fourth-order valence-corrected chi connectivity index (χ4v) is 5.81. The number of aliphatic hydroxyl groups excluding tert-OH is 1. The van der Waals surface area contributed by atoms with Crippen LogP contribution in [0.3, 0.4) is 0 Å². The van der Waals surface area contributed by atoms with Gasteiger partial charge in [0.05, 0.1) is 36.8 Å². The first kappa shape index (κ1) is 27.9. The smallest absolute Gasteiger partial charge is 0.242 e. The Labute approximate surface area is 213 Å². The van der Waals surface area contributed by atoms with Crippen molar-refractivity contribution in [2.45, 2.75) is 37.3 Å². The maximum absolute atomic E-state index is 13.2. The minimum Gasteiger partial charge on any atom is -0.488 e. The lowest BCUT2D eigenvalue weighted by Gasteiger charge is -2.33. The van der Waals surface area contributed by atoms with Gasteiger partial charge in [-0.1, -0.05) is 25.1 Å². The average Bonchev–Trinajstić information content (AvgIpc) is 2.86. The molecule has 0 aliphatic carbocycles. The van der Waals surface area contributed by atoms with Crippen LogP contribution in [-0.4, -0.2) is 82.2 Å². The first-order valence-corrected chi connectivity index (χ1v) is 14.8. The second kappa shape index (κ2) is 11.2. The zero-order valence-corrected chi connectivity index (χ0v) is 22.4. The molecule has 10 nitrogen and oxygen atoms in total. The van der Waals surface area contributed by atoms with Crippen LogP contribution in [-0.2, 0) is 31.3 Å². The molecule has 0 saturated carbocycles. The van der Waals surface area contributed by atoms with Crippen molar-refractivity contribution in [3.05, 3.63) is 54.1 Å². The first-order valence-electron chi connectivity index (χ1n) is 11.5. The van der Waals surface area contributed by atoms with Gasteiger partial charge in [0.15, 0.2) is 0 Å². The molecule has 0 radical (unpaired) electrons. The van der Waals surface area contributed by atoms with Crippen LogP contribution in [0.25, 0.3) is 0 Å². The second-order valence-electron chi connectivity index (χ2n) is 9.18. The molecule has 12 heteroatoms. The van der Waals surface area contributed by atoms with Crippen molar-refractivity contribution in [3.8, 4) is 5.75 Å². The number of anilines is 1. The van der Waals surface area contributed by atoms with E-state index in [0.29, 0.717) is 11.3 Å². The van der Waals surface area contributed by atoms with Crippen molar-refractivity contribution >= 4 is 31.6 Å². The third-order valence-corrected chi connectivity index (χ3v) is 8.55. The van der Waals surface area contributed by atoms with Crippen LogP contribution in [0.5, 0.6) is 5.75 Å². The fourth-order valence-electron chi connectivity index (χ4n) is 4.05. The van der Waals surface area contributed by atoms with Crippen LogP contribution in [0.1, 0.15) is 19.4 Å². The molecule has 0 unspecified atom stereocenters. The number of hydrogen-bond donors (Lipinski definition) is 2. The predicted octanol–water partition coefficient (Wildman–Crippen LogP) is 1.53. The van der Waals surface area contributed by atoms with Crippen molar-refractivity contribution < 1.29 is 31.5 Å². The summed E-state index contributed by atoms with van der Waals surface area (Å²) in [5, 5.41) is 9.75. The number of nitrogens with zero attached hydrogens (tertiary/aromatic N) is 2. The standard InChI is InChI=1S/C24H33N3O7S2/c1-17-14-27(18(2)16-28)24(29)13-19-12-20(25-35(4,30)31)10-11-22(19)34-23(17)15-26(3)36(32,33)21-8-6-5-7-9-21/h5-12,17-18,23,25,28H,13-16H2,1-4H3/t17-,18+,23-/m0/s1. The van der Waals surface area contributed by atoms with Crippen LogP contribution in [0.15, 0.2) is 53.4 Å². The third kappa shape index (κ3) is 6.75. The van der Waals surface area contributed by atoms with Gasteiger partial charge in [-0.15, -0.1) is 0 Å². The Kier molecular flexibility index (Phi) is 8.65. The SMILES string of the molecule is C[C@H](CO)N1C[C@H](C)[C@H](CN(C)S(=O)(=O)c2ccccc2)Oc2ccc(NS(C)(=O)=O)cc2CC1=O. The van der Waals surface area contributed by atoms with Gasteiger partial charge in [0.25, 0.3) is 0 Å². The normalized spacial score (nSPS) is 20.1. The van der Waals surface area contributed by atoms with Crippen LogP contribution in [0.2, 0.25) is 0 Å². The number of carbonyl (C=O) groups excluding carboxylic acids is 1. The van der Waals surface area contributed by atoms with Gasteiger partial charge in [-0.05, 0) is 37.3 Å². The number of aliphatic hydroxyl groups is 1. The first-order chi connectivity index (χ1) is 16.8. The number of ether oxygens (including phenoxy) is 1. The molecule has 198 valence electrons. The lowest BCUT2D eigenvalue weighted by molar-refractivity contribution is -0.134. The minimum atomic E-state index is -3.79. The monoisotopic (exact) mass is 539 g/mol. The lowest BCUT2D eigenvalue weighted by atomic mass is 10.0. The Morgan fingerprint density at radius 1 is 1.17 bits per heavy atom. The number of carbonyl (C=O) groups is 1. The summed E-state index contributed by atoms with van der Waals surface area (Å²) >= 11 is 0. The Hall–Kier alpha value is -2.67. The highest BCUT2D eigenvalue weighted by Gasteiger charge is 2.33. The molecule has 0 bridgehead atoms. The van der Waals surface area contributed by atoms with Gasteiger partial charge in [0.2, 0.25) is 26.0 Å². The minimum absolute atomic E-state index is 0.0106. The molecule has 3 rings (SSSR count). The molecule has 1 aliphatic heterocycles. The van der Waals surface area contributed by atoms with Crippen LogP contribution in [0, 0.1) is 5.92 Å². The predicted molar refractivity (Wildman–Crippen MR) is 137 cm³/mol. The van der Waals surface area contributed by atoms with E-state index in [4.69, 9.17) is 4.74 Å². The van der Waals surface area contributed by atoms with E-state index in [1.807, 2.05) is 6.92 Å². The largest absolute Gasteiger partial charge is 0.488 e. The number of amides is 1. The van der Waals surface area contributed by atoms with Crippen molar-refractivity contribution in [2.24, 2.45) is 5.92 Å². The summed E-state index contributed by atoms with van der Waals surface area (Å²) in [6.07, 6.45) is 0.318. The highest BCUT2D eigenvalue weighted by atomic mass is 32.2.